The maximum absolute atomic E-state index is 5.51. The molecule has 0 saturated carbocycles. The minimum absolute atomic E-state index is 0.216. The summed E-state index contributed by atoms with van der Waals surface area (Å²) < 4.78 is 0.863. The Labute approximate surface area is 103 Å². The number of hydrogen-bond acceptors (Lipinski definition) is 4. The van der Waals surface area contributed by atoms with Gasteiger partial charge in [-0.2, -0.15) is 0 Å². The summed E-state index contributed by atoms with van der Waals surface area (Å²) in [6.45, 7) is 2.05. The first-order valence-corrected chi connectivity index (χ1v) is 5.69. The Morgan fingerprint density at radius 1 is 1.73 bits per heavy atom. The van der Waals surface area contributed by atoms with Crippen LogP contribution in [-0.4, -0.2) is 28.0 Å². The second-order valence-electron chi connectivity index (χ2n) is 3.32. The molecule has 0 aliphatic rings. The van der Waals surface area contributed by atoms with Crippen molar-refractivity contribution < 1.29 is 0 Å². The van der Waals surface area contributed by atoms with Crippen LogP contribution in [0.3, 0.4) is 0 Å². The van der Waals surface area contributed by atoms with Gasteiger partial charge in [-0.25, -0.2) is 9.97 Å². The second kappa shape index (κ2) is 5.37. The van der Waals surface area contributed by atoms with Gasteiger partial charge in [-0.1, -0.05) is 12.2 Å². The maximum atomic E-state index is 5.51. The minimum atomic E-state index is 0.216. The zero-order valence-corrected chi connectivity index (χ0v) is 11.0. The van der Waals surface area contributed by atoms with E-state index in [2.05, 4.69) is 25.9 Å². The summed E-state index contributed by atoms with van der Waals surface area (Å²) in [6, 6.07) is 0.216. The molecule has 6 heteroatoms. The van der Waals surface area contributed by atoms with Crippen LogP contribution in [0.25, 0.3) is 0 Å². The van der Waals surface area contributed by atoms with Crippen LogP contribution in [0.2, 0.25) is 0 Å². The van der Waals surface area contributed by atoms with Gasteiger partial charge in [-0.15, -0.1) is 0 Å². The van der Waals surface area contributed by atoms with E-state index in [0.717, 1.165) is 10.3 Å². The molecule has 1 atom stereocenters. The molecule has 0 aliphatic heterocycles. The summed E-state index contributed by atoms with van der Waals surface area (Å²) in [7, 11) is 1.95. The number of hydrogen-bond donors (Lipinski definition) is 1. The molecule has 0 saturated heterocycles. The Balaban J connectivity index is 2.80. The fraction of sp³-hybridized carbons (Fsp3) is 0.444. The van der Waals surface area contributed by atoms with Gasteiger partial charge in [-0.05, 0) is 22.9 Å². The molecule has 1 unspecified atom stereocenters. The number of nitrogens with zero attached hydrogens (tertiary/aromatic N) is 3. The average Bonchev–Trinajstić information content (AvgIpc) is 2.16. The van der Waals surface area contributed by atoms with E-state index < -0.39 is 0 Å². The molecule has 0 radical (unpaired) electrons. The number of nitrogens with two attached hydrogens (primary N) is 1. The van der Waals surface area contributed by atoms with Crippen LogP contribution in [0.15, 0.2) is 17.0 Å². The highest BCUT2D eigenvalue weighted by molar-refractivity contribution is 9.10. The summed E-state index contributed by atoms with van der Waals surface area (Å²) in [4.78, 5) is 10.6. The van der Waals surface area contributed by atoms with Crippen molar-refractivity contribution in [3.63, 3.8) is 0 Å². The van der Waals surface area contributed by atoms with Crippen molar-refractivity contribution in [2.45, 2.75) is 19.4 Å². The third kappa shape index (κ3) is 3.39. The van der Waals surface area contributed by atoms with Crippen LogP contribution in [0.4, 0.5) is 5.82 Å². The molecule has 0 spiro atoms. The molecular weight excluding hydrogens is 276 g/mol. The number of rotatable bonds is 4. The fourth-order valence-electron chi connectivity index (χ4n) is 1.20. The monoisotopic (exact) mass is 288 g/mol. The van der Waals surface area contributed by atoms with Crippen molar-refractivity contribution in [3.05, 3.63) is 17.0 Å². The molecule has 0 fully saturated rings. The van der Waals surface area contributed by atoms with Crippen molar-refractivity contribution in [1.29, 1.82) is 0 Å². The number of anilines is 1. The lowest BCUT2D eigenvalue weighted by Crippen LogP contribution is -2.33. The lowest BCUT2D eigenvalue weighted by atomic mass is 10.2. The lowest BCUT2D eigenvalue weighted by molar-refractivity contribution is 0.702. The van der Waals surface area contributed by atoms with Gasteiger partial charge in [0.05, 0.1) is 9.46 Å². The summed E-state index contributed by atoms with van der Waals surface area (Å²) in [5, 5.41) is 0. The topological polar surface area (TPSA) is 55.0 Å². The summed E-state index contributed by atoms with van der Waals surface area (Å²) in [6.07, 6.45) is 3.90. The first-order chi connectivity index (χ1) is 7.02. The van der Waals surface area contributed by atoms with E-state index in [9.17, 15) is 0 Å². The van der Waals surface area contributed by atoms with E-state index in [1.165, 1.54) is 6.33 Å². The van der Waals surface area contributed by atoms with Gasteiger partial charge in [-0.3, -0.25) is 0 Å². The summed E-state index contributed by atoms with van der Waals surface area (Å²) in [5.74, 6) is 0.841. The predicted molar refractivity (Wildman–Crippen MR) is 69.0 cm³/mol. The molecule has 1 heterocycles. The van der Waals surface area contributed by atoms with Crippen molar-refractivity contribution in [2.24, 2.45) is 5.73 Å². The highest BCUT2D eigenvalue weighted by Gasteiger charge is 2.14. The van der Waals surface area contributed by atoms with Gasteiger partial charge in [0.2, 0.25) is 0 Å². The van der Waals surface area contributed by atoms with Crippen molar-refractivity contribution in [3.8, 4) is 0 Å². The highest BCUT2D eigenvalue weighted by atomic mass is 79.9. The van der Waals surface area contributed by atoms with Crippen LogP contribution in [0, 0.1) is 0 Å². The van der Waals surface area contributed by atoms with Gasteiger partial charge in [0, 0.05) is 25.7 Å². The molecule has 4 nitrogen and oxygen atoms in total. The van der Waals surface area contributed by atoms with Crippen molar-refractivity contribution in [2.75, 3.05) is 11.9 Å². The molecular formula is C9H13BrN4S. The van der Waals surface area contributed by atoms with Crippen LogP contribution in [-0.2, 0) is 0 Å². The minimum Gasteiger partial charge on any atom is -0.393 e. The third-order valence-corrected chi connectivity index (χ3v) is 2.87. The van der Waals surface area contributed by atoms with E-state index in [4.69, 9.17) is 18.0 Å². The molecule has 1 aromatic heterocycles. The Bertz CT molecular complexity index is 358. The van der Waals surface area contributed by atoms with E-state index in [1.54, 1.807) is 6.20 Å². The van der Waals surface area contributed by atoms with E-state index in [1.807, 2.05) is 18.9 Å². The van der Waals surface area contributed by atoms with Gasteiger partial charge >= 0.3 is 0 Å². The second-order valence-corrected chi connectivity index (χ2v) is 4.70. The first-order valence-electron chi connectivity index (χ1n) is 4.49. The summed E-state index contributed by atoms with van der Waals surface area (Å²) in [5.41, 5.74) is 5.51. The Morgan fingerprint density at radius 3 is 2.93 bits per heavy atom. The highest BCUT2D eigenvalue weighted by Crippen LogP contribution is 2.23. The molecule has 0 aromatic carbocycles. The Kier molecular flexibility index (Phi) is 4.41. The van der Waals surface area contributed by atoms with E-state index in [-0.39, 0.29) is 6.04 Å². The lowest BCUT2D eigenvalue weighted by Gasteiger charge is -2.26. The first kappa shape index (κ1) is 12.3. The van der Waals surface area contributed by atoms with Gasteiger partial charge in [0.1, 0.15) is 12.1 Å². The largest absolute Gasteiger partial charge is 0.393 e. The molecule has 1 rings (SSSR count). The van der Waals surface area contributed by atoms with Gasteiger partial charge in [0.25, 0.3) is 0 Å². The van der Waals surface area contributed by atoms with Crippen LogP contribution in [0.5, 0.6) is 0 Å². The van der Waals surface area contributed by atoms with Crippen molar-refractivity contribution in [1.82, 2.24) is 9.97 Å². The average molecular weight is 289 g/mol. The molecule has 0 bridgehead atoms. The quantitative estimate of drug-likeness (QED) is 0.856. The maximum Gasteiger partial charge on any atom is 0.146 e. The molecule has 15 heavy (non-hydrogen) atoms. The zero-order chi connectivity index (χ0) is 11.4. The normalized spacial score (nSPS) is 12.2. The van der Waals surface area contributed by atoms with Gasteiger partial charge in [0.15, 0.2) is 0 Å². The fourth-order valence-corrected chi connectivity index (χ4v) is 1.94. The number of aromatic nitrogens is 2. The molecule has 1 aromatic rings. The van der Waals surface area contributed by atoms with E-state index >= 15 is 0 Å². The van der Waals surface area contributed by atoms with Crippen LogP contribution < -0.4 is 10.6 Å². The van der Waals surface area contributed by atoms with Gasteiger partial charge < -0.3 is 10.6 Å². The number of halogens is 1. The SMILES string of the molecule is CC(CC(N)=S)N(C)c1ncncc1Br. The van der Waals surface area contributed by atoms with Crippen molar-refractivity contribution >= 4 is 39.0 Å². The summed E-state index contributed by atoms with van der Waals surface area (Å²) >= 11 is 8.28. The Hall–Kier alpha value is -0.750. The van der Waals surface area contributed by atoms with Crippen LogP contribution >= 0.6 is 28.1 Å². The predicted octanol–water partition coefficient (Wildman–Crippen LogP) is 1.74. The third-order valence-electron chi connectivity index (χ3n) is 2.14. The zero-order valence-electron chi connectivity index (χ0n) is 8.64. The molecule has 0 aliphatic carbocycles. The molecule has 2 N–H and O–H groups in total. The standard InChI is InChI=1S/C9H13BrN4S/c1-6(3-8(11)15)14(2)9-7(10)4-12-5-13-9/h4-6H,3H2,1-2H3,(H2,11,15). The van der Waals surface area contributed by atoms with Crippen LogP contribution in [0.1, 0.15) is 13.3 Å². The molecule has 0 amide bonds. The Morgan fingerprint density at radius 2 is 2.40 bits per heavy atom. The van der Waals surface area contributed by atoms with E-state index in [0.29, 0.717) is 11.4 Å². The smallest absolute Gasteiger partial charge is 0.146 e. The number of thiocarbonyl (C=S) groups is 1. The molecule has 82 valence electrons.